The van der Waals surface area contributed by atoms with Gasteiger partial charge in [-0.3, -0.25) is 9.89 Å². The molecule has 2 N–H and O–H groups in total. The van der Waals surface area contributed by atoms with Crippen LogP contribution < -0.4 is 5.32 Å². The van der Waals surface area contributed by atoms with E-state index >= 15 is 0 Å². The number of thioether (sulfide) groups is 1. The summed E-state index contributed by atoms with van der Waals surface area (Å²) in [7, 11) is 0. The number of carbonyl (C=O) groups excluding carboxylic acids is 1. The summed E-state index contributed by atoms with van der Waals surface area (Å²) in [5.74, 6) is 0.156. The van der Waals surface area contributed by atoms with Crippen LogP contribution >= 0.6 is 35.8 Å². The van der Waals surface area contributed by atoms with E-state index in [-0.39, 0.29) is 24.1 Å². The predicted molar refractivity (Wildman–Crippen MR) is 79.2 cm³/mol. The molecule has 0 spiro atoms. The lowest BCUT2D eigenvalue weighted by atomic mass is 10.2. The van der Waals surface area contributed by atoms with Crippen molar-refractivity contribution in [1.29, 1.82) is 0 Å². The molecule has 0 radical (unpaired) electrons. The van der Waals surface area contributed by atoms with Crippen LogP contribution in [0.4, 0.5) is 5.69 Å². The highest BCUT2D eigenvalue weighted by molar-refractivity contribution is 7.99. The molecule has 19 heavy (non-hydrogen) atoms. The van der Waals surface area contributed by atoms with E-state index < -0.39 is 0 Å². The Labute approximate surface area is 125 Å². The van der Waals surface area contributed by atoms with Gasteiger partial charge in [-0.05, 0) is 24.6 Å². The van der Waals surface area contributed by atoms with Gasteiger partial charge in [-0.2, -0.15) is 5.10 Å². The fourth-order valence-electron chi connectivity index (χ4n) is 1.33. The molecule has 0 atom stereocenters. The van der Waals surface area contributed by atoms with Crippen molar-refractivity contribution < 1.29 is 4.79 Å². The number of nitrogens with zero attached hydrogens (tertiary/aromatic N) is 2. The number of rotatable bonds is 4. The van der Waals surface area contributed by atoms with Crippen molar-refractivity contribution in [1.82, 2.24) is 15.2 Å². The van der Waals surface area contributed by atoms with Gasteiger partial charge in [0.1, 0.15) is 6.33 Å². The minimum atomic E-state index is -0.109. The van der Waals surface area contributed by atoms with Crippen LogP contribution in [0.3, 0.4) is 0 Å². The Morgan fingerprint density at radius 1 is 1.53 bits per heavy atom. The second-order valence-corrected chi connectivity index (χ2v) is 4.91. The van der Waals surface area contributed by atoms with Gasteiger partial charge in [0.15, 0.2) is 5.16 Å². The Hall–Kier alpha value is -1.24. The first-order valence-electron chi connectivity index (χ1n) is 5.20. The molecule has 0 fully saturated rings. The van der Waals surface area contributed by atoms with Crippen molar-refractivity contribution in [2.24, 2.45) is 0 Å². The first kappa shape index (κ1) is 15.8. The Morgan fingerprint density at radius 2 is 2.32 bits per heavy atom. The van der Waals surface area contributed by atoms with E-state index in [0.717, 1.165) is 11.3 Å². The van der Waals surface area contributed by atoms with Gasteiger partial charge in [-0.25, -0.2) is 4.98 Å². The number of halogens is 2. The third-order valence-corrected chi connectivity index (χ3v) is 3.56. The van der Waals surface area contributed by atoms with Gasteiger partial charge in [0.2, 0.25) is 5.91 Å². The lowest BCUT2D eigenvalue weighted by Gasteiger charge is -2.08. The first-order valence-corrected chi connectivity index (χ1v) is 6.56. The number of benzene rings is 1. The van der Waals surface area contributed by atoms with Gasteiger partial charge in [0.05, 0.1) is 5.75 Å². The maximum absolute atomic E-state index is 11.7. The van der Waals surface area contributed by atoms with Crippen molar-refractivity contribution in [2.75, 3.05) is 11.1 Å². The van der Waals surface area contributed by atoms with Crippen molar-refractivity contribution in [3.8, 4) is 0 Å². The number of H-pyrrole nitrogens is 1. The second-order valence-electron chi connectivity index (χ2n) is 3.54. The van der Waals surface area contributed by atoms with E-state index in [0.29, 0.717) is 10.2 Å². The topological polar surface area (TPSA) is 70.7 Å². The first-order chi connectivity index (χ1) is 8.66. The summed E-state index contributed by atoms with van der Waals surface area (Å²) in [6.45, 7) is 1.86. The van der Waals surface area contributed by atoms with Crippen molar-refractivity contribution in [3.63, 3.8) is 0 Å². The molecule has 1 heterocycles. The standard InChI is InChI=1S/C11H11ClN4OS.ClH/c1-7-8(12)3-2-4-9(7)15-10(17)5-18-11-13-6-14-16-11;/h2-4,6H,5H2,1H3,(H,15,17)(H,13,14,16);1H. The number of amides is 1. The van der Waals surface area contributed by atoms with E-state index in [1.807, 2.05) is 13.0 Å². The molecule has 8 heteroatoms. The summed E-state index contributed by atoms with van der Waals surface area (Å²) in [4.78, 5) is 15.7. The van der Waals surface area contributed by atoms with Gasteiger partial charge in [-0.15, -0.1) is 12.4 Å². The number of anilines is 1. The largest absolute Gasteiger partial charge is 0.325 e. The molecule has 0 aliphatic heterocycles. The summed E-state index contributed by atoms with van der Waals surface area (Å²) in [5, 5.41) is 10.4. The molecule has 5 nitrogen and oxygen atoms in total. The average molecular weight is 319 g/mol. The maximum atomic E-state index is 11.7. The lowest BCUT2D eigenvalue weighted by Crippen LogP contribution is -2.15. The van der Waals surface area contributed by atoms with Crippen molar-refractivity contribution >= 4 is 47.4 Å². The average Bonchev–Trinajstić information content (AvgIpc) is 2.86. The Balaban J connectivity index is 0.00000180. The van der Waals surface area contributed by atoms with Gasteiger partial charge < -0.3 is 5.32 Å². The molecule has 0 aliphatic carbocycles. The van der Waals surface area contributed by atoms with Crippen LogP contribution in [0.15, 0.2) is 29.7 Å². The summed E-state index contributed by atoms with van der Waals surface area (Å²) < 4.78 is 0. The molecular weight excluding hydrogens is 307 g/mol. The van der Waals surface area contributed by atoms with E-state index in [4.69, 9.17) is 11.6 Å². The fourth-order valence-corrected chi connectivity index (χ4v) is 2.08. The van der Waals surface area contributed by atoms with Crippen LogP contribution in [-0.4, -0.2) is 26.8 Å². The summed E-state index contributed by atoms with van der Waals surface area (Å²) in [6.07, 6.45) is 1.40. The molecule has 0 saturated carbocycles. The zero-order chi connectivity index (χ0) is 13.0. The Bertz CT molecular complexity index is 548. The van der Waals surface area contributed by atoms with Crippen LogP contribution in [0.2, 0.25) is 5.02 Å². The number of hydrogen-bond donors (Lipinski definition) is 2. The number of aromatic amines is 1. The normalized spacial score (nSPS) is 9.79. The maximum Gasteiger partial charge on any atom is 0.234 e. The van der Waals surface area contributed by atoms with E-state index in [1.54, 1.807) is 12.1 Å². The van der Waals surface area contributed by atoms with E-state index in [9.17, 15) is 4.79 Å². The molecule has 1 aromatic carbocycles. The zero-order valence-corrected chi connectivity index (χ0v) is 12.4. The number of carbonyl (C=O) groups is 1. The number of hydrogen-bond acceptors (Lipinski definition) is 4. The smallest absolute Gasteiger partial charge is 0.234 e. The third kappa shape index (κ3) is 4.41. The molecule has 2 rings (SSSR count). The predicted octanol–water partition coefficient (Wildman–Crippen LogP) is 2.92. The quantitative estimate of drug-likeness (QED) is 0.850. The van der Waals surface area contributed by atoms with Crippen LogP contribution in [-0.2, 0) is 4.79 Å². The Morgan fingerprint density at radius 3 is 3.00 bits per heavy atom. The third-order valence-electron chi connectivity index (χ3n) is 2.27. The van der Waals surface area contributed by atoms with Gasteiger partial charge in [0.25, 0.3) is 0 Å². The minimum Gasteiger partial charge on any atom is -0.325 e. The fraction of sp³-hybridized carbons (Fsp3) is 0.182. The molecule has 0 saturated heterocycles. The summed E-state index contributed by atoms with van der Waals surface area (Å²) in [5.41, 5.74) is 1.59. The molecule has 0 unspecified atom stereocenters. The minimum absolute atomic E-state index is 0. The second kappa shape index (κ2) is 7.37. The van der Waals surface area contributed by atoms with Crippen LogP contribution in [0, 0.1) is 6.92 Å². The lowest BCUT2D eigenvalue weighted by molar-refractivity contribution is -0.113. The summed E-state index contributed by atoms with van der Waals surface area (Å²) >= 11 is 7.27. The van der Waals surface area contributed by atoms with Crippen LogP contribution in [0.1, 0.15) is 5.56 Å². The zero-order valence-electron chi connectivity index (χ0n) is 10.0. The van der Waals surface area contributed by atoms with Gasteiger partial charge >= 0.3 is 0 Å². The molecule has 102 valence electrons. The number of nitrogens with one attached hydrogen (secondary N) is 2. The van der Waals surface area contributed by atoms with Gasteiger partial charge in [0, 0.05) is 10.7 Å². The van der Waals surface area contributed by atoms with E-state index in [2.05, 4.69) is 20.5 Å². The summed E-state index contributed by atoms with van der Waals surface area (Å²) in [6, 6.07) is 5.41. The van der Waals surface area contributed by atoms with Crippen molar-refractivity contribution in [2.45, 2.75) is 12.1 Å². The molecule has 2 aromatic rings. The molecule has 0 bridgehead atoms. The van der Waals surface area contributed by atoms with Crippen LogP contribution in [0.5, 0.6) is 0 Å². The van der Waals surface area contributed by atoms with Crippen LogP contribution in [0.25, 0.3) is 0 Å². The Kier molecular flexibility index (Phi) is 6.14. The molecular formula is C11H12Cl2N4OS. The molecule has 0 aliphatic rings. The van der Waals surface area contributed by atoms with E-state index in [1.165, 1.54) is 18.1 Å². The monoisotopic (exact) mass is 318 g/mol. The van der Waals surface area contributed by atoms with Gasteiger partial charge in [-0.1, -0.05) is 29.4 Å². The highest BCUT2D eigenvalue weighted by Gasteiger charge is 2.08. The molecule has 1 amide bonds. The number of aromatic nitrogens is 3. The molecule has 1 aromatic heterocycles. The van der Waals surface area contributed by atoms with Crippen molar-refractivity contribution in [3.05, 3.63) is 35.1 Å². The highest BCUT2D eigenvalue weighted by atomic mass is 35.5. The SMILES string of the molecule is Cc1c(Cl)cccc1NC(=O)CSc1ncn[nH]1.Cl. The highest BCUT2D eigenvalue weighted by Crippen LogP contribution is 2.23.